The Morgan fingerprint density at radius 1 is 1.20 bits per heavy atom. The third-order valence-corrected chi connectivity index (χ3v) is 4.05. The first-order chi connectivity index (χ1) is 9.85. The van der Waals surface area contributed by atoms with E-state index < -0.39 is 0 Å². The highest BCUT2D eigenvalue weighted by Crippen LogP contribution is 2.23. The van der Waals surface area contributed by atoms with Gasteiger partial charge in [0.15, 0.2) is 0 Å². The molecule has 1 aromatic carbocycles. The van der Waals surface area contributed by atoms with Crippen LogP contribution in [0, 0.1) is 11.3 Å². The molecule has 0 saturated carbocycles. The molecule has 0 amide bonds. The number of nitriles is 1. The summed E-state index contributed by atoms with van der Waals surface area (Å²) in [6.07, 6.45) is 7.34. The van der Waals surface area contributed by atoms with Gasteiger partial charge in [-0.05, 0) is 30.4 Å². The average Bonchev–Trinajstić information content (AvgIpc) is 2.64. The summed E-state index contributed by atoms with van der Waals surface area (Å²) >= 11 is 0. The number of fused-ring (bicyclic) bond motifs is 3. The molecular formula is C16H14N4. The standard InChI is InChI=1S/C16H14N4/c17-11-12-4-5-15-14(10-12)18-16-6-7-19(8-9-20(15)16)13-2-1-3-13/h1-5,10H,6-9H2. The Balaban J connectivity index is 1.70. The number of hydrogen-bond acceptors (Lipinski definition) is 3. The fourth-order valence-corrected chi connectivity index (χ4v) is 2.91. The first-order valence-electron chi connectivity index (χ1n) is 6.88. The minimum atomic E-state index is 0.678. The maximum atomic E-state index is 8.97. The van der Waals surface area contributed by atoms with Gasteiger partial charge < -0.3 is 9.47 Å². The van der Waals surface area contributed by atoms with Gasteiger partial charge in [0.2, 0.25) is 0 Å². The fourth-order valence-electron chi connectivity index (χ4n) is 2.91. The summed E-state index contributed by atoms with van der Waals surface area (Å²) in [4.78, 5) is 7.11. The number of allylic oxidation sites excluding steroid dienone is 3. The predicted molar refractivity (Wildman–Crippen MR) is 76.9 cm³/mol. The lowest BCUT2D eigenvalue weighted by Gasteiger charge is -2.25. The quantitative estimate of drug-likeness (QED) is 0.791. The van der Waals surface area contributed by atoms with Gasteiger partial charge in [0.05, 0.1) is 22.7 Å². The van der Waals surface area contributed by atoms with Crippen LogP contribution in [0.4, 0.5) is 0 Å². The van der Waals surface area contributed by atoms with Crippen LogP contribution in [0.25, 0.3) is 11.0 Å². The summed E-state index contributed by atoms with van der Waals surface area (Å²) in [5.74, 6) is 1.13. The number of imidazole rings is 1. The van der Waals surface area contributed by atoms with Crippen LogP contribution in [0.1, 0.15) is 11.4 Å². The summed E-state index contributed by atoms with van der Waals surface area (Å²) in [6.45, 7) is 2.96. The second-order valence-electron chi connectivity index (χ2n) is 5.18. The molecule has 98 valence electrons. The fraction of sp³-hybridized carbons (Fsp3) is 0.250. The van der Waals surface area contributed by atoms with E-state index in [1.807, 2.05) is 18.2 Å². The van der Waals surface area contributed by atoms with E-state index in [-0.39, 0.29) is 0 Å². The molecule has 4 nitrogen and oxygen atoms in total. The van der Waals surface area contributed by atoms with Crippen LogP contribution in [0.15, 0.2) is 42.1 Å². The molecule has 0 saturated heterocycles. The van der Waals surface area contributed by atoms with Gasteiger partial charge in [-0.25, -0.2) is 4.98 Å². The molecule has 0 radical (unpaired) electrons. The molecule has 20 heavy (non-hydrogen) atoms. The van der Waals surface area contributed by atoms with E-state index in [1.54, 1.807) is 0 Å². The Kier molecular flexibility index (Phi) is 2.40. The SMILES string of the molecule is N#Cc1ccc2c(c1)nc1n2CCN(C2=CC=C2)CC1. The van der Waals surface area contributed by atoms with Crippen LogP contribution in [-0.4, -0.2) is 27.5 Å². The highest BCUT2D eigenvalue weighted by Gasteiger charge is 2.19. The largest absolute Gasteiger partial charge is 0.369 e. The molecular weight excluding hydrogens is 248 g/mol. The van der Waals surface area contributed by atoms with Gasteiger partial charge in [0.25, 0.3) is 0 Å². The van der Waals surface area contributed by atoms with E-state index in [1.165, 1.54) is 5.70 Å². The Bertz CT molecular complexity index is 789. The summed E-state index contributed by atoms with van der Waals surface area (Å²) in [7, 11) is 0. The monoisotopic (exact) mass is 262 g/mol. The van der Waals surface area contributed by atoms with E-state index in [4.69, 9.17) is 10.2 Å². The number of rotatable bonds is 1. The zero-order valence-corrected chi connectivity index (χ0v) is 11.1. The van der Waals surface area contributed by atoms with Crippen molar-refractivity contribution in [3.05, 3.63) is 53.5 Å². The van der Waals surface area contributed by atoms with Gasteiger partial charge in [0.1, 0.15) is 5.82 Å². The van der Waals surface area contributed by atoms with E-state index in [9.17, 15) is 0 Å². The molecule has 2 aliphatic rings. The lowest BCUT2D eigenvalue weighted by Crippen LogP contribution is -2.26. The van der Waals surface area contributed by atoms with Crippen molar-refractivity contribution in [2.45, 2.75) is 13.0 Å². The maximum Gasteiger partial charge on any atom is 0.111 e. The molecule has 2 aromatic rings. The number of aromatic nitrogens is 2. The molecule has 2 heterocycles. The molecule has 4 rings (SSSR count). The Labute approximate surface area is 117 Å². The van der Waals surface area contributed by atoms with Gasteiger partial charge in [0, 0.05) is 31.8 Å². The topological polar surface area (TPSA) is 44.9 Å². The van der Waals surface area contributed by atoms with Crippen LogP contribution in [0.5, 0.6) is 0 Å². The van der Waals surface area contributed by atoms with Crippen molar-refractivity contribution in [3.8, 4) is 6.07 Å². The summed E-state index contributed by atoms with van der Waals surface area (Å²) in [5.41, 5.74) is 4.08. The average molecular weight is 262 g/mol. The molecule has 0 spiro atoms. The lowest BCUT2D eigenvalue weighted by molar-refractivity contribution is 0.359. The Morgan fingerprint density at radius 2 is 2.10 bits per heavy atom. The highest BCUT2D eigenvalue weighted by molar-refractivity contribution is 5.77. The zero-order valence-electron chi connectivity index (χ0n) is 11.1. The normalized spacial score (nSPS) is 17.1. The maximum absolute atomic E-state index is 8.97. The van der Waals surface area contributed by atoms with Crippen LogP contribution < -0.4 is 0 Å². The van der Waals surface area contributed by atoms with E-state index in [0.29, 0.717) is 5.56 Å². The number of nitrogens with zero attached hydrogens (tertiary/aromatic N) is 4. The second kappa shape index (κ2) is 4.24. The molecule has 0 N–H and O–H groups in total. The molecule has 1 aliphatic heterocycles. The van der Waals surface area contributed by atoms with Crippen molar-refractivity contribution in [3.63, 3.8) is 0 Å². The lowest BCUT2D eigenvalue weighted by atomic mass is 10.2. The van der Waals surface area contributed by atoms with Gasteiger partial charge in [-0.15, -0.1) is 0 Å². The smallest absolute Gasteiger partial charge is 0.111 e. The van der Waals surface area contributed by atoms with Gasteiger partial charge >= 0.3 is 0 Å². The van der Waals surface area contributed by atoms with Gasteiger partial charge in [-0.2, -0.15) is 5.26 Å². The van der Waals surface area contributed by atoms with Crippen LogP contribution in [0.3, 0.4) is 0 Å². The number of hydrogen-bond donors (Lipinski definition) is 0. The molecule has 0 bridgehead atoms. The molecule has 0 atom stereocenters. The van der Waals surface area contributed by atoms with E-state index in [2.05, 4.69) is 33.8 Å². The Hall–Kier alpha value is -2.54. The number of benzene rings is 1. The predicted octanol–water partition coefficient (Wildman–Crippen LogP) is 2.22. The van der Waals surface area contributed by atoms with Crippen molar-refractivity contribution in [1.82, 2.24) is 14.5 Å². The third kappa shape index (κ3) is 1.64. The van der Waals surface area contributed by atoms with E-state index in [0.717, 1.165) is 42.9 Å². The molecule has 0 fully saturated rings. The van der Waals surface area contributed by atoms with Crippen molar-refractivity contribution in [2.75, 3.05) is 13.1 Å². The summed E-state index contributed by atoms with van der Waals surface area (Å²) in [5, 5.41) is 8.97. The highest BCUT2D eigenvalue weighted by atomic mass is 15.2. The molecule has 0 unspecified atom stereocenters. The van der Waals surface area contributed by atoms with Crippen LogP contribution in [0.2, 0.25) is 0 Å². The van der Waals surface area contributed by atoms with Gasteiger partial charge in [-0.3, -0.25) is 0 Å². The second-order valence-corrected chi connectivity index (χ2v) is 5.18. The molecule has 1 aliphatic carbocycles. The zero-order chi connectivity index (χ0) is 13.5. The van der Waals surface area contributed by atoms with Crippen LogP contribution in [-0.2, 0) is 13.0 Å². The summed E-state index contributed by atoms with van der Waals surface area (Å²) in [6, 6.07) is 7.95. The first-order valence-corrected chi connectivity index (χ1v) is 6.88. The first kappa shape index (κ1) is 11.3. The molecule has 1 aromatic heterocycles. The minimum absolute atomic E-state index is 0.678. The Morgan fingerprint density at radius 3 is 2.85 bits per heavy atom. The van der Waals surface area contributed by atoms with Gasteiger partial charge in [-0.1, -0.05) is 6.08 Å². The third-order valence-electron chi connectivity index (χ3n) is 4.05. The minimum Gasteiger partial charge on any atom is -0.369 e. The van der Waals surface area contributed by atoms with E-state index >= 15 is 0 Å². The van der Waals surface area contributed by atoms with Crippen molar-refractivity contribution in [1.29, 1.82) is 5.26 Å². The summed E-state index contributed by atoms with van der Waals surface area (Å²) < 4.78 is 2.29. The van der Waals surface area contributed by atoms with Crippen molar-refractivity contribution < 1.29 is 0 Å². The van der Waals surface area contributed by atoms with Crippen molar-refractivity contribution in [2.24, 2.45) is 0 Å². The van der Waals surface area contributed by atoms with Crippen molar-refractivity contribution >= 4 is 11.0 Å². The van der Waals surface area contributed by atoms with Crippen LogP contribution >= 0.6 is 0 Å². The molecule has 4 heteroatoms.